The van der Waals surface area contributed by atoms with Crippen molar-refractivity contribution in [2.45, 2.75) is 63.4 Å². The van der Waals surface area contributed by atoms with Crippen LogP contribution in [0.1, 0.15) is 57.9 Å². The van der Waals surface area contributed by atoms with Crippen LogP contribution in [0.25, 0.3) is 11.0 Å². The number of carbonyl (C=O) groups excluding carboxylic acids is 1. The van der Waals surface area contributed by atoms with E-state index in [1.807, 2.05) is 12.1 Å². The Bertz CT molecular complexity index is 752. The third kappa shape index (κ3) is 5.17. The number of carbonyl (C=O) groups is 1. The molecule has 3 rings (SSSR count). The molecule has 7 heteroatoms. The minimum absolute atomic E-state index is 0.161. The first kappa shape index (κ1) is 20.0. The molecule has 2 aromatic rings. The SMILES string of the molecule is CCCCNC(=O)NSc1ccc2[nH]cc(C3CCN(C(C)C)CC3)c2n1. The summed E-state index contributed by atoms with van der Waals surface area (Å²) in [6.07, 6.45) is 6.51. The number of hydrogen-bond donors (Lipinski definition) is 3. The van der Waals surface area contributed by atoms with Gasteiger partial charge in [-0.1, -0.05) is 13.3 Å². The number of hydrogen-bond acceptors (Lipinski definition) is 4. The maximum atomic E-state index is 11.8. The summed E-state index contributed by atoms with van der Waals surface area (Å²) in [6.45, 7) is 9.62. The van der Waals surface area contributed by atoms with Crippen LogP contribution in [-0.2, 0) is 0 Å². The van der Waals surface area contributed by atoms with E-state index in [4.69, 9.17) is 4.98 Å². The Morgan fingerprint density at radius 3 is 2.85 bits per heavy atom. The number of likely N-dealkylation sites (tertiary alicyclic amines) is 1. The van der Waals surface area contributed by atoms with Gasteiger partial charge in [-0.05, 0) is 69.8 Å². The van der Waals surface area contributed by atoms with E-state index >= 15 is 0 Å². The van der Waals surface area contributed by atoms with Gasteiger partial charge in [0.25, 0.3) is 0 Å². The summed E-state index contributed by atoms with van der Waals surface area (Å²) in [5, 5.41) is 3.67. The molecule has 0 bridgehead atoms. The molecule has 0 aromatic carbocycles. The van der Waals surface area contributed by atoms with E-state index in [1.54, 1.807) is 0 Å². The van der Waals surface area contributed by atoms with Crippen molar-refractivity contribution in [3.8, 4) is 0 Å². The molecular weight excluding hydrogens is 358 g/mol. The summed E-state index contributed by atoms with van der Waals surface area (Å²) in [4.78, 5) is 22.5. The van der Waals surface area contributed by atoms with E-state index in [0.717, 1.165) is 42.0 Å². The van der Waals surface area contributed by atoms with Gasteiger partial charge in [-0.15, -0.1) is 0 Å². The largest absolute Gasteiger partial charge is 0.360 e. The molecule has 148 valence electrons. The highest BCUT2D eigenvalue weighted by molar-refractivity contribution is 7.97. The first-order valence-electron chi connectivity index (χ1n) is 10.0. The Labute approximate surface area is 166 Å². The predicted octanol–water partition coefficient (Wildman–Crippen LogP) is 4.26. The summed E-state index contributed by atoms with van der Waals surface area (Å²) in [5.74, 6) is 0.548. The fraction of sp³-hybridized carbons (Fsp3) is 0.600. The van der Waals surface area contributed by atoms with Crippen molar-refractivity contribution in [2.75, 3.05) is 19.6 Å². The average Bonchev–Trinajstić information content (AvgIpc) is 3.10. The normalized spacial score (nSPS) is 16.1. The van der Waals surface area contributed by atoms with Gasteiger partial charge in [0.05, 0.1) is 11.0 Å². The van der Waals surface area contributed by atoms with Crippen LogP contribution in [0.2, 0.25) is 0 Å². The number of aromatic amines is 1. The lowest BCUT2D eigenvalue weighted by atomic mass is 9.90. The summed E-state index contributed by atoms with van der Waals surface area (Å²) in [6, 6.07) is 4.45. The third-order valence-corrected chi connectivity index (χ3v) is 6.01. The van der Waals surface area contributed by atoms with Crippen LogP contribution in [0, 0.1) is 0 Å². The number of unbranched alkanes of at least 4 members (excludes halogenated alkanes) is 1. The number of urea groups is 1. The van der Waals surface area contributed by atoms with Crippen LogP contribution in [0.15, 0.2) is 23.4 Å². The van der Waals surface area contributed by atoms with Crippen LogP contribution in [0.4, 0.5) is 4.79 Å². The van der Waals surface area contributed by atoms with Crippen LogP contribution >= 0.6 is 11.9 Å². The first-order chi connectivity index (χ1) is 13.1. The standard InChI is InChI=1S/C20H31N5OS/c1-4-5-10-21-20(26)24-27-18-7-6-17-19(23-18)16(13-22-17)15-8-11-25(12-9-15)14(2)3/h6-7,13-15,22H,4-5,8-12H2,1-3H3,(H2,21,24,26). The van der Waals surface area contributed by atoms with Gasteiger partial charge in [0.2, 0.25) is 0 Å². The molecule has 0 atom stereocenters. The Morgan fingerprint density at radius 2 is 2.15 bits per heavy atom. The van der Waals surface area contributed by atoms with Gasteiger partial charge in [0, 0.05) is 30.7 Å². The van der Waals surface area contributed by atoms with Crippen molar-refractivity contribution in [2.24, 2.45) is 0 Å². The molecule has 1 saturated heterocycles. The molecule has 0 aliphatic carbocycles. The second kappa shape index (κ2) is 9.46. The molecule has 1 aliphatic heterocycles. The Balaban J connectivity index is 1.63. The second-order valence-electron chi connectivity index (χ2n) is 7.51. The van der Waals surface area contributed by atoms with E-state index in [2.05, 4.69) is 46.9 Å². The molecule has 0 unspecified atom stereocenters. The molecule has 2 aromatic heterocycles. The maximum absolute atomic E-state index is 11.8. The van der Waals surface area contributed by atoms with E-state index in [-0.39, 0.29) is 6.03 Å². The molecule has 3 N–H and O–H groups in total. The molecule has 0 radical (unpaired) electrons. The molecule has 0 saturated carbocycles. The number of rotatable bonds is 7. The van der Waals surface area contributed by atoms with E-state index < -0.39 is 0 Å². The molecule has 1 aliphatic rings. The van der Waals surface area contributed by atoms with Crippen molar-refractivity contribution in [3.05, 3.63) is 23.9 Å². The number of nitrogens with zero attached hydrogens (tertiary/aromatic N) is 2. The minimum Gasteiger partial charge on any atom is -0.360 e. The van der Waals surface area contributed by atoms with Gasteiger partial charge in [-0.3, -0.25) is 4.72 Å². The van der Waals surface area contributed by atoms with E-state index in [1.165, 1.54) is 30.4 Å². The third-order valence-electron chi connectivity index (χ3n) is 5.29. The van der Waals surface area contributed by atoms with Crippen LogP contribution in [-0.4, -0.2) is 46.6 Å². The molecule has 0 spiro atoms. The number of H-pyrrole nitrogens is 1. The lowest BCUT2D eigenvalue weighted by Crippen LogP contribution is -2.37. The summed E-state index contributed by atoms with van der Waals surface area (Å²) in [7, 11) is 0. The monoisotopic (exact) mass is 389 g/mol. The van der Waals surface area contributed by atoms with Gasteiger partial charge in [0.1, 0.15) is 5.03 Å². The quantitative estimate of drug-likeness (QED) is 0.489. The Morgan fingerprint density at radius 1 is 1.37 bits per heavy atom. The number of aromatic nitrogens is 2. The molecule has 3 heterocycles. The van der Waals surface area contributed by atoms with Crippen molar-refractivity contribution < 1.29 is 4.79 Å². The first-order valence-corrected chi connectivity index (χ1v) is 10.8. The van der Waals surface area contributed by atoms with Crippen molar-refractivity contribution in [1.29, 1.82) is 0 Å². The molecule has 27 heavy (non-hydrogen) atoms. The van der Waals surface area contributed by atoms with Crippen LogP contribution in [0.5, 0.6) is 0 Å². The van der Waals surface area contributed by atoms with Crippen molar-refractivity contribution >= 4 is 29.0 Å². The minimum atomic E-state index is -0.161. The number of fused-ring (bicyclic) bond motifs is 1. The highest BCUT2D eigenvalue weighted by Gasteiger charge is 2.24. The van der Waals surface area contributed by atoms with Gasteiger partial charge in [-0.2, -0.15) is 0 Å². The van der Waals surface area contributed by atoms with E-state index in [9.17, 15) is 4.79 Å². The lowest BCUT2D eigenvalue weighted by Gasteiger charge is -2.34. The van der Waals surface area contributed by atoms with Crippen LogP contribution < -0.4 is 10.0 Å². The van der Waals surface area contributed by atoms with Gasteiger partial charge >= 0.3 is 6.03 Å². The smallest absolute Gasteiger partial charge is 0.325 e. The van der Waals surface area contributed by atoms with Crippen molar-refractivity contribution in [1.82, 2.24) is 24.9 Å². The Hall–Kier alpha value is -1.73. The van der Waals surface area contributed by atoms with Crippen molar-refractivity contribution in [3.63, 3.8) is 0 Å². The average molecular weight is 390 g/mol. The Kier molecular flexibility index (Phi) is 7.01. The summed E-state index contributed by atoms with van der Waals surface area (Å²) < 4.78 is 2.82. The zero-order valence-corrected chi connectivity index (χ0v) is 17.4. The number of pyridine rings is 1. The molecule has 2 amide bonds. The number of amides is 2. The van der Waals surface area contributed by atoms with Gasteiger partial charge in [0.15, 0.2) is 0 Å². The van der Waals surface area contributed by atoms with Gasteiger partial charge in [-0.25, -0.2) is 9.78 Å². The van der Waals surface area contributed by atoms with Gasteiger partial charge < -0.3 is 15.2 Å². The molecule has 1 fully saturated rings. The molecule has 6 nitrogen and oxygen atoms in total. The zero-order chi connectivity index (χ0) is 19.2. The zero-order valence-electron chi connectivity index (χ0n) is 16.5. The number of piperidine rings is 1. The lowest BCUT2D eigenvalue weighted by molar-refractivity contribution is 0.172. The maximum Gasteiger partial charge on any atom is 0.325 e. The topological polar surface area (TPSA) is 73.1 Å². The van der Waals surface area contributed by atoms with Crippen LogP contribution in [0.3, 0.4) is 0 Å². The number of nitrogens with one attached hydrogen (secondary N) is 3. The van der Waals surface area contributed by atoms with E-state index in [0.29, 0.717) is 18.5 Å². The fourth-order valence-electron chi connectivity index (χ4n) is 3.61. The fourth-order valence-corrected chi connectivity index (χ4v) is 4.15. The molecular formula is C20H31N5OS. The summed E-state index contributed by atoms with van der Waals surface area (Å²) in [5.41, 5.74) is 3.41. The predicted molar refractivity (Wildman–Crippen MR) is 112 cm³/mol. The highest BCUT2D eigenvalue weighted by atomic mass is 32.2. The second-order valence-corrected chi connectivity index (χ2v) is 8.33. The highest BCUT2D eigenvalue weighted by Crippen LogP contribution is 2.33. The summed E-state index contributed by atoms with van der Waals surface area (Å²) >= 11 is 1.27.